The molecule has 0 fully saturated rings. The Hall–Kier alpha value is -2.03. The van der Waals surface area contributed by atoms with Gasteiger partial charge in [0.1, 0.15) is 5.75 Å². The van der Waals surface area contributed by atoms with Gasteiger partial charge in [-0.25, -0.2) is 8.42 Å². The highest BCUT2D eigenvalue weighted by atomic mass is 32.2. The lowest BCUT2D eigenvalue weighted by atomic mass is 10.2. The van der Waals surface area contributed by atoms with Crippen LogP contribution >= 0.6 is 11.3 Å². The van der Waals surface area contributed by atoms with Crippen molar-refractivity contribution in [2.24, 2.45) is 0 Å². The lowest BCUT2D eigenvalue weighted by Gasteiger charge is -2.12. The maximum atomic E-state index is 12.6. The summed E-state index contributed by atoms with van der Waals surface area (Å²) in [5.74, 6) is 0.355. The molecule has 0 radical (unpaired) electrons. The number of likely N-dealkylation sites (N-methyl/N-ethyl adjacent to an activating group) is 1. The summed E-state index contributed by atoms with van der Waals surface area (Å²) in [6.45, 7) is 1.75. The summed E-state index contributed by atoms with van der Waals surface area (Å²) in [5.41, 5.74) is 1.54. The zero-order valence-electron chi connectivity index (χ0n) is 14.4. The first-order valence-corrected chi connectivity index (χ1v) is 10.1. The minimum absolute atomic E-state index is 0.179. The Morgan fingerprint density at radius 2 is 2.04 bits per heavy atom. The molecule has 0 aliphatic carbocycles. The zero-order valence-corrected chi connectivity index (χ0v) is 16.0. The summed E-state index contributed by atoms with van der Waals surface area (Å²) in [4.78, 5) is 2.11. The van der Waals surface area contributed by atoms with Gasteiger partial charge in [0.15, 0.2) is 4.21 Å². The van der Waals surface area contributed by atoms with Crippen LogP contribution in [0.3, 0.4) is 0 Å². The molecule has 0 unspecified atom stereocenters. The molecule has 25 heavy (non-hydrogen) atoms. The van der Waals surface area contributed by atoms with Gasteiger partial charge >= 0.3 is 0 Å². The number of anilines is 1. The molecule has 8 heteroatoms. The van der Waals surface area contributed by atoms with Crippen molar-refractivity contribution in [2.45, 2.75) is 10.8 Å². The number of rotatable bonds is 7. The maximum absolute atomic E-state index is 12.6. The Kier molecular flexibility index (Phi) is 5.03. The summed E-state index contributed by atoms with van der Waals surface area (Å²) in [6.07, 6.45) is 2.02. The second-order valence-corrected chi connectivity index (χ2v) is 8.76. The molecule has 6 nitrogen and oxygen atoms in total. The number of hydrogen-bond donors (Lipinski definition) is 1. The number of hydrogen-bond acceptors (Lipinski definition) is 5. The topological polar surface area (TPSA) is 63.6 Å². The molecule has 0 amide bonds. The van der Waals surface area contributed by atoms with Crippen LogP contribution in [0.15, 0.2) is 46.1 Å². The van der Waals surface area contributed by atoms with E-state index in [1.807, 2.05) is 38.5 Å². The molecular formula is C17H21N3O3S2. The van der Waals surface area contributed by atoms with Gasteiger partial charge in [-0.1, -0.05) is 6.07 Å². The molecule has 0 atom stereocenters. The van der Waals surface area contributed by atoms with Crippen LogP contribution in [0.4, 0.5) is 5.69 Å². The second kappa shape index (κ2) is 7.07. The van der Waals surface area contributed by atoms with Gasteiger partial charge in [0.05, 0.1) is 18.3 Å². The first kappa shape index (κ1) is 17.8. The van der Waals surface area contributed by atoms with Crippen LogP contribution < -0.4 is 9.46 Å². The first-order chi connectivity index (χ1) is 11.9. The fourth-order valence-corrected chi connectivity index (χ4v) is 4.91. The molecule has 3 rings (SSSR count). The fourth-order valence-electron chi connectivity index (χ4n) is 2.58. The Morgan fingerprint density at radius 3 is 2.76 bits per heavy atom. The molecule has 2 aromatic heterocycles. The van der Waals surface area contributed by atoms with Crippen molar-refractivity contribution >= 4 is 38.0 Å². The molecule has 0 saturated carbocycles. The van der Waals surface area contributed by atoms with E-state index in [0.29, 0.717) is 11.4 Å². The van der Waals surface area contributed by atoms with E-state index < -0.39 is 10.0 Å². The largest absolute Gasteiger partial charge is 0.494 e. The molecular weight excluding hydrogens is 358 g/mol. The molecule has 2 heterocycles. The average Bonchev–Trinajstić information content (AvgIpc) is 3.19. The summed E-state index contributed by atoms with van der Waals surface area (Å²) in [7, 11) is 1.84. The number of sulfonamides is 1. The normalized spacial score (nSPS) is 12.0. The summed E-state index contributed by atoms with van der Waals surface area (Å²) >= 11 is 1.13. The number of benzene rings is 1. The van der Waals surface area contributed by atoms with Crippen molar-refractivity contribution in [3.63, 3.8) is 0 Å². The van der Waals surface area contributed by atoms with E-state index in [1.165, 1.54) is 7.11 Å². The first-order valence-electron chi connectivity index (χ1n) is 7.78. The van der Waals surface area contributed by atoms with E-state index in [1.54, 1.807) is 17.5 Å². The highest BCUT2D eigenvalue weighted by Crippen LogP contribution is 2.31. The Bertz CT molecular complexity index is 974. The highest BCUT2D eigenvalue weighted by molar-refractivity contribution is 7.94. The fraction of sp³-hybridized carbons (Fsp3) is 0.294. The lowest BCUT2D eigenvalue weighted by Crippen LogP contribution is -2.18. The standard InChI is InChI=1S/C17H21N3O3S2/c1-19(2)9-10-20-8-6-13-4-5-14(12-15(13)20)18-25(21,22)17-16(23-3)7-11-24-17/h4-8,11-12,18H,9-10H2,1-3H3. The summed E-state index contributed by atoms with van der Waals surface area (Å²) in [6, 6.07) is 9.24. The van der Waals surface area contributed by atoms with Gasteiger partial charge in [-0.05, 0) is 49.1 Å². The molecule has 1 N–H and O–H groups in total. The number of aromatic nitrogens is 1. The van der Waals surface area contributed by atoms with Gasteiger partial charge in [0, 0.05) is 19.3 Å². The van der Waals surface area contributed by atoms with Gasteiger partial charge in [-0.3, -0.25) is 4.72 Å². The predicted octanol–water partition coefficient (Wildman–Crippen LogP) is 3.07. The van der Waals surface area contributed by atoms with Gasteiger partial charge in [0.25, 0.3) is 10.0 Å². The third-order valence-corrected chi connectivity index (χ3v) is 6.70. The zero-order chi connectivity index (χ0) is 18.0. The van der Waals surface area contributed by atoms with Crippen LogP contribution in [0.1, 0.15) is 0 Å². The van der Waals surface area contributed by atoms with Crippen molar-refractivity contribution in [3.8, 4) is 5.75 Å². The van der Waals surface area contributed by atoms with Crippen LogP contribution in [0.5, 0.6) is 5.75 Å². The minimum atomic E-state index is -3.68. The van der Waals surface area contributed by atoms with Crippen LogP contribution in [0, 0.1) is 0 Å². The molecule has 3 aromatic rings. The summed E-state index contributed by atoms with van der Waals surface area (Å²) in [5, 5.41) is 2.78. The smallest absolute Gasteiger partial charge is 0.275 e. The number of nitrogens with one attached hydrogen (secondary N) is 1. The number of nitrogens with zero attached hydrogens (tertiary/aromatic N) is 2. The molecule has 134 valence electrons. The number of thiophene rings is 1. The molecule has 0 bridgehead atoms. The van der Waals surface area contributed by atoms with Crippen molar-refractivity contribution in [1.29, 1.82) is 0 Å². The molecule has 1 aromatic carbocycles. The number of methoxy groups -OCH3 is 1. The van der Waals surface area contributed by atoms with E-state index in [9.17, 15) is 8.42 Å². The number of fused-ring (bicyclic) bond motifs is 1. The predicted molar refractivity (Wildman–Crippen MR) is 102 cm³/mol. The molecule has 0 spiro atoms. The minimum Gasteiger partial charge on any atom is -0.494 e. The Labute approximate surface area is 151 Å². The van der Waals surface area contributed by atoms with Crippen LogP contribution in [0.25, 0.3) is 10.9 Å². The third-order valence-electron chi connectivity index (χ3n) is 3.87. The van der Waals surface area contributed by atoms with Crippen LogP contribution in [-0.4, -0.2) is 45.6 Å². The van der Waals surface area contributed by atoms with E-state index in [4.69, 9.17) is 4.74 Å². The molecule has 0 aliphatic heterocycles. The van der Waals surface area contributed by atoms with Crippen LogP contribution in [-0.2, 0) is 16.6 Å². The quantitative estimate of drug-likeness (QED) is 0.685. The Balaban J connectivity index is 1.90. The maximum Gasteiger partial charge on any atom is 0.275 e. The SMILES string of the molecule is COc1ccsc1S(=O)(=O)Nc1ccc2ccn(CCN(C)C)c2c1. The molecule has 0 saturated heterocycles. The van der Waals surface area contributed by atoms with Crippen molar-refractivity contribution in [3.05, 3.63) is 41.9 Å². The van der Waals surface area contributed by atoms with E-state index in [-0.39, 0.29) is 4.21 Å². The van der Waals surface area contributed by atoms with Gasteiger partial charge < -0.3 is 14.2 Å². The average molecular weight is 380 g/mol. The second-order valence-electron chi connectivity index (χ2n) is 5.97. The third kappa shape index (κ3) is 3.81. The van der Waals surface area contributed by atoms with Gasteiger partial charge in [0.2, 0.25) is 0 Å². The Morgan fingerprint density at radius 1 is 1.24 bits per heavy atom. The van der Waals surface area contributed by atoms with Gasteiger partial charge in [-0.15, -0.1) is 11.3 Å². The summed E-state index contributed by atoms with van der Waals surface area (Å²) < 4.78 is 35.3. The van der Waals surface area contributed by atoms with Gasteiger partial charge in [-0.2, -0.15) is 0 Å². The highest BCUT2D eigenvalue weighted by Gasteiger charge is 2.21. The van der Waals surface area contributed by atoms with Crippen molar-refractivity contribution < 1.29 is 13.2 Å². The lowest BCUT2D eigenvalue weighted by molar-refractivity contribution is 0.387. The van der Waals surface area contributed by atoms with Crippen molar-refractivity contribution in [1.82, 2.24) is 9.47 Å². The molecule has 0 aliphatic rings. The monoisotopic (exact) mass is 379 g/mol. The van der Waals surface area contributed by atoms with E-state index >= 15 is 0 Å². The van der Waals surface area contributed by atoms with E-state index in [0.717, 1.165) is 35.3 Å². The van der Waals surface area contributed by atoms with Crippen molar-refractivity contribution in [2.75, 3.05) is 32.5 Å². The van der Waals surface area contributed by atoms with Crippen LogP contribution in [0.2, 0.25) is 0 Å². The number of ether oxygens (including phenoxy) is 1. The van der Waals surface area contributed by atoms with E-state index in [2.05, 4.69) is 14.2 Å².